The molecule has 26 heavy (non-hydrogen) atoms. The van der Waals surface area contributed by atoms with Gasteiger partial charge < -0.3 is 10.6 Å². The lowest BCUT2D eigenvalue weighted by Gasteiger charge is -2.16. The van der Waals surface area contributed by atoms with Gasteiger partial charge >= 0.3 is 0 Å². The third-order valence-electron chi connectivity index (χ3n) is 4.34. The van der Waals surface area contributed by atoms with Crippen molar-refractivity contribution in [2.45, 2.75) is 24.3 Å². The van der Waals surface area contributed by atoms with Crippen LogP contribution < -0.4 is 10.5 Å². The number of nitrogens with one attached hydrogen (secondary N) is 1. The maximum atomic E-state index is 13.3. The number of nitrogens with zero attached hydrogens (tertiary/aromatic N) is 1. The number of sulfonamides is 1. The summed E-state index contributed by atoms with van der Waals surface area (Å²) in [6.07, 6.45) is 0.778. The lowest BCUT2D eigenvalue weighted by Crippen LogP contribution is -2.31. The van der Waals surface area contributed by atoms with Gasteiger partial charge in [-0.15, -0.1) is 0 Å². The summed E-state index contributed by atoms with van der Waals surface area (Å²) in [6, 6.07) is 9.79. The standard InChI is InChI=1S/C18H20FN3O3S/c1-12-10-16(6-7-17(12)19)26(24,25)21-15-4-2-13(3-5-15)18(23)22-9-8-14(20)11-22/h2-7,10,14,21H,8-9,11,20H2,1H3/t14-/m1/s1. The van der Waals surface area contributed by atoms with Gasteiger partial charge in [-0.2, -0.15) is 0 Å². The van der Waals surface area contributed by atoms with E-state index in [-0.39, 0.29) is 22.4 Å². The van der Waals surface area contributed by atoms with Crippen LogP contribution in [0.2, 0.25) is 0 Å². The monoisotopic (exact) mass is 377 g/mol. The van der Waals surface area contributed by atoms with Crippen LogP contribution in [-0.4, -0.2) is 38.4 Å². The maximum Gasteiger partial charge on any atom is 0.261 e. The number of amides is 1. The van der Waals surface area contributed by atoms with Gasteiger partial charge in [0.15, 0.2) is 0 Å². The minimum atomic E-state index is -3.84. The number of anilines is 1. The van der Waals surface area contributed by atoms with Gasteiger partial charge in [-0.1, -0.05) is 0 Å². The summed E-state index contributed by atoms with van der Waals surface area (Å²) in [7, 11) is -3.84. The number of aryl methyl sites for hydroxylation is 1. The summed E-state index contributed by atoms with van der Waals surface area (Å²) in [6.45, 7) is 2.65. The Kier molecular flexibility index (Phi) is 4.97. The van der Waals surface area contributed by atoms with Crippen molar-refractivity contribution >= 4 is 21.6 Å². The zero-order valence-corrected chi connectivity index (χ0v) is 15.1. The predicted octanol–water partition coefficient (Wildman–Crippen LogP) is 2.11. The molecule has 0 spiro atoms. The molecular formula is C18H20FN3O3S. The Hall–Kier alpha value is -2.45. The van der Waals surface area contributed by atoms with Crippen LogP contribution in [0.25, 0.3) is 0 Å². The molecule has 3 rings (SSSR count). The topological polar surface area (TPSA) is 92.5 Å². The summed E-state index contributed by atoms with van der Waals surface area (Å²) in [5.41, 5.74) is 6.86. The van der Waals surface area contributed by atoms with Gasteiger partial charge in [0.1, 0.15) is 5.82 Å². The molecule has 0 aromatic heterocycles. The van der Waals surface area contributed by atoms with Gasteiger partial charge in [-0.3, -0.25) is 9.52 Å². The van der Waals surface area contributed by atoms with Gasteiger partial charge in [0.25, 0.3) is 15.9 Å². The molecule has 0 bridgehead atoms. The van der Waals surface area contributed by atoms with E-state index in [2.05, 4.69) is 4.72 Å². The van der Waals surface area contributed by atoms with Crippen molar-refractivity contribution in [2.24, 2.45) is 5.73 Å². The predicted molar refractivity (Wildman–Crippen MR) is 96.9 cm³/mol. The highest BCUT2D eigenvalue weighted by Crippen LogP contribution is 2.20. The Morgan fingerprint density at radius 1 is 1.23 bits per heavy atom. The molecule has 6 nitrogen and oxygen atoms in total. The summed E-state index contributed by atoms with van der Waals surface area (Å²) in [5, 5.41) is 0. The highest BCUT2D eigenvalue weighted by molar-refractivity contribution is 7.92. The number of halogens is 1. The quantitative estimate of drug-likeness (QED) is 0.854. The van der Waals surface area contributed by atoms with Crippen LogP contribution in [0.4, 0.5) is 10.1 Å². The summed E-state index contributed by atoms with van der Waals surface area (Å²) in [5.74, 6) is -0.588. The molecule has 8 heteroatoms. The molecule has 2 aromatic carbocycles. The van der Waals surface area contributed by atoms with Gasteiger partial charge in [0, 0.05) is 30.4 Å². The van der Waals surface area contributed by atoms with Crippen LogP contribution in [0, 0.1) is 12.7 Å². The first-order valence-electron chi connectivity index (χ1n) is 8.20. The average Bonchev–Trinajstić information content (AvgIpc) is 3.03. The number of hydrogen-bond acceptors (Lipinski definition) is 4. The molecular weight excluding hydrogens is 357 g/mol. The smallest absolute Gasteiger partial charge is 0.261 e. The molecule has 2 aromatic rings. The van der Waals surface area contributed by atoms with Crippen LogP contribution in [0.15, 0.2) is 47.4 Å². The van der Waals surface area contributed by atoms with Crippen LogP contribution in [-0.2, 0) is 10.0 Å². The van der Waals surface area contributed by atoms with Gasteiger partial charge in [-0.25, -0.2) is 12.8 Å². The van der Waals surface area contributed by atoms with Gasteiger partial charge in [0.05, 0.1) is 4.90 Å². The molecule has 0 radical (unpaired) electrons. The van der Waals surface area contributed by atoms with E-state index in [0.29, 0.717) is 24.3 Å². The Balaban J connectivity index is 1.74. The number of benzene rings is 2. The average molecular weight is 377 g/mol. The van der Waals surface area contributed by atoms with E-state index in [1.54, 1.807) is 17.0 Å². The molecule has 1 heterocycles. The van der Waals surface area contributed by atoms with Crippen LogP contribution in [0.3, 0.4) is 0 Å². The Bertz CT molecular complexity index is 929. The van der Waals surface area contributed by atoms with E-state index in [1.807, 2.05) is 0 Å². The van der Waals surface area contributed by atoms with Crippen molar-refractivity contribution in [2.75, 3.05) is 17.8 Å². The fraction of sp³-hybridized carbons (Fsp3) is 0.278. The summed E-state index contributed by atoms with van der Waals surface area (Å²) < 4.78 is 40.6. The SMILES string of the molecule is Cc1cc(S(=O)(=O)Nc2ccc(C(=O)N3CC[C@@H](N)C3)cc2)ccc1F. The minimum Gasteiger partial charge on any atom is -0.337 e. The second kappa shape index (κ2) is 7.05. The van der Waals surface area contributed by atoms with Crippen molar-refractivity contribution in [3.63, 3.8) is 0 Å². The second-order valence-electron chi connectivity index (χ2n) is 6.39. The van der Waals surface area contributed by atoms with Crippen molar-refractivity contribution in [1.82, 2.24) is 4.90 Å². The Labute approximate surface area is 151 Å². The lowest BCUT2D eigenvalue weighted by atomic mass is 10.2. The lowest BCUT2D eigenvalue weighted by molar-refractivity contribution is 0.0791. The number of nitrogens with two attached hydrogens (primary N) is 1. The van der Waals surface area contributed by atoms with E-state index in [9.17, 15) is 17.6 Å². The third-order valence-corrected chi connectivity index (χ3v) is 5.71. The van der Waals surface area contributed by atoms with Crippen LogP contribution in [0.1, 0.15) is 22.3 Å². The number of likely N-dealkylation sites (tertiary alicyclic amines) is 1. The molecule has 1 aliphatic rings. The number of carbonyl (C=O) groups is 1. The molecule has 1 saturated heterocycles. The molecule has 138 valence electrons. The van der Waals surface area contributed by atoms with E-state index in [1.165, 1.54) is 31.2 Å². The first-order valence-corrected chi connectivity index (χ1v) is 9.68. The van der Waals surface area contributed by atoms with Crippen LogP contribution >= 0.6 is 0 Å². The normalized spacial score (nSPS) is 17.3. The summed E-state index contributed by atoms with van der Waals surface area (Å²) in [4.78, 5) is 14.0. The van der Waals surface area contributed by atoms with E-state index >= 15 is 0 Å². The molecule has 1 fully saturated rings. The van der Waals surface area contributed by atoms with E-state index < -0.39 is 15.8 Å². The molecule has 1 amide bonds. The van der Waals surface area contributed by atoms with Crippen molar-refractivity contribution in [3.8, 4) is 0 Å². The molecule has 1 aliphatic heterocycles. The minimum absolute atomic E-state index is 0.00389. The largest absolute Gasteiger partial charge is 0.337 e. The summed E-state index contributed by atoms with van der Waals surface area (Å²) >= 11 is 0. The third kappa shape index (κ3) is 3.86. The van der Waals surface area contributed by atoms with Crippen molar-refractivity contribution < 1.29 is 17.6 Å². The highest BCUT2D eigenvalue weighted by atomic mass is 32.2. The van der Waals surface area contributed by atoms with Crippen molar-refractivity contribution in [1.29, 1.82) is 0 Å². The first-order chi connectivity index (χ1) is 12.3. The Morgan fingerprint density at radius 3 is 2.50 bits per heavy atom. The fourth-order valence-corrected chi connectivity index (χ4v) is 3.98. The number of hydrogen-bond donors (Lipinski definition) is 2. The fourth-order valence-electron chi connectivity index (χ4n) is 2.83. The molecule has 0 aliphatic carbocycles. The molecule has 3 N–H and O–H groups in total. The molecule has 0 unspecified atom stereocenters. The van der Waals surface area contributed by atoms with Crippen LogP contribution in [0.5, 0.6) is 0 Å². The number of carbonyl (C=O) groups excluding carboxylic acids is 1. The van der Waals surface area contributed by atoms with Gasteiger partial charge in [-0.05, 0) is 61.4 Å². The zero-order chi connectivity index (χ0) is 18.9. The maximum absolute atomic E-state index is 13.3. The van der Waals surface area contributed by atoms with E-state index in [4.69, 9.17) is 5.73 Å². The van der Waals surface area contributed by atoms with E-state index in [0.717, 1.165) is 12.5 Å². The molecule has 1 atom stereocenters. The zero-order valence-electron chi connectivity index (χ0n) is 14.3. The highest BCUT2D eigenvalue weighted by Gasteiger charge is 2.24. The number of rotatable bonds is 4. The molecule has 0 saturated carbocycles. The van der Waals surface area contributed by atoms with Gasteiger partial charge in [0.2, 0.25) is 0 Å². The Morgan fingerprint density at radius 2 is 1.92 bits per heavy atom. The first kappa shape index (κ1) is 18.3. The van der Waals surface area contributed by atoms with Crippen molar-refractivity contribution in [3.05, 3.63) is 59.4 Å². The second-order valence-corrected chi connectivity index (χ2v) is 8.08.